The van der Waals surface area contributed by atoms with Gasteiger partial charge in [-0.05, 0) is 25.2 Å². The number of aliphatic hydroxyl groups excluding tert-OH is 1. The molecule has 3 atom stereocenters. The Kier molecular flexibility index (Phi) is 3.93. The normalized spacial score (nSPS) is 30.1. The number of likely N-dealkylation sites (tertiary alicyclic amines) is 1. The summed E-state index contributed by atoms with van der Waals surface area (Å²) in [4.78, 5) is 13.3. The number of rotatable bonds is 2. The molecule has 1 amide bonds. The average Bonchev–Trinajstić information content (AvgIpc) is 2.17. The fourth-order valence-corrected chi connectivity index (χ4v) is 2.15. The van der Waals surface area contributed by atoms with Gasteiger partial charge in [0.1, 0.15) is 6.10 Å². The summed E-state index contributed by atoms with van der Waals surface area (Å²) in [6.45, 7) is 7.58. The van der Waals surface area contributed by atoms with Gasteiger partial charge in [0.05, 0.1) is 0 Å². The van der Waals surface area contributed by atoms with E-state index in [1.165, 1.54) is 0 Å². The topological polar surface area (TPSA) is 40.5 Å². The zero-order valence-corrected chi connectivity index (χ0v) is 9.36. The van der Waals surface area contributed by atoms with Crippen molar-refractivity contribution < 1.29 is 9.90 Å². The zero-order valence-electron chi connectivity index (χ0n) is 9.36. The van der Waals surface area contributed by atoms with Gasteiger partial charge < -0.3 is 10.0 Å². The van der Waals surface area contributed by atoms with Crippen molar-refractivity contribution in [2.75, 3.05) is 13.1 Å². The van der Waals surface area contributed by atoms with E-state index in [0.717, 1.165) is 25.9 Å². The predicted octanol–water partition coefficient (Wildman–Crippen LogP) is 1.26. The molecular weight excluding hydrogens is 178 g/mol. The van der Waals surface area contributed by atoms with Crippen molar-refractivity contribution in [3.05, 3.63) is 0 Å². The molecule has 3 nitrogen and oxygen atoms in total. The Balaban J connectivity index is 2.54. The van der Waals surface area contributed by atoms with Crippen LogP contribution >= 0.6 is 0 Å². The van der Waals surface area contributed by atoms with Gasteiger partial charge >= 0.3 is 0 Å². The van der Waals surface area contributed by atoms with Crippen LogP contribution in [0.3, 0.4) is 0 Å². The third-order valence-corrected chi connectivity index (χ3v) is 3.31. The maximum Gasteiger partial charge on any atom is 0.251 e. The van der Waals surface area contributed by atoms with Crippen LogP contribution in [0.4, 0.5) is 0 Å². The standard InChI is InChI=1S/C11H21NO2/c1-4-10-7-12(6-5-8(10)2)11(14)9(3)13/h8-10,13H,4-7H2,1-3H3/t8?,9?,10-/m1/s1. The Labute approximate surface area is 86.1 Å². The highest BCUT2D eigenvalue weighted by Gasteiger charge is 2.28. The van der Waals surface area contributed by atoms with Gasteiger partial charge in [-0.1, -0.05) is 20.3 Å². The van der Waals surface area contributed by atoms with Crippen LogP contribution < -0.4 is 0 Å². The van der Waals surface area contributed by atoms with E-state index in [9.17, 15) is 9.90 Å². The van der Waals surface area contributed by atoms with Crippen LogP contribution in [-0.2, 0) is 4.79 Å². The fraction of sp³-hybridized carbons (Fsp3) is 0.909. The van der Waals surface area contributed by atoms with E-state index in [1.54, 1.807) is 11.8 Å². The molecule has 0 spiro atoms. The summed E-state index contributed by atoms with van der Waals surface area (Å²) in [6.07, 6.45) is 1.34. The fourth-order valence-electron chi connectivity index (χ4n) is 2.15. The maximum atomic E-state index is 11.5. The van der Waals surface area contributed by atoms with Gasteiger partial charge in [0.25, 0.3) is 5.91 Å². The molecule has 82 valence electrons. The van der Waals surface area contributed by atoms with E-state index in [-0.39, 0.29) is 5.91 Å². The second-order valence-corrected chi connectivity index (χ2v) is 4.39. The zero-order chi connectivity index (χ0) is 10.7. The number of hydrogen-bond acceptors (Lipinski definition) is 2. The Bertz CT molecular complexity index is 203. The first kappa shape index (κ1) is 11.5. The maximum absolute atomic E-state index is 11.5. The van der Waals surface area contributed by atoms with Crippen LogP contribution in [0.1, 0.15) is 33.6 Å². The van der Waals surface area contributed by atoms with Crippen molar-refractivity contribution in [3.8, 4) is 0 Å². The van der Waals surface area contributed by atoms with Crippen LogP contribution in [0, 0.1) is 11.8 Å². The minimum absolute atomic E-state index is 0.115. The van der Waals surface area contributed by atoms with Gasteiger partial charge in [-0.2, -0.15) is 0 Å². The lowest BCUT2D eigenvalue weighted by Gasteiger charge is -2.37. The Hall–Kier alpha value is -0.570. The van der Waals surface area contributed by atoms with Crippen LogP contribution in [0.5, 0.6) is 0 Å². The number of carbonyl (C=O) groups is 1. The molecule has 1 rings (SSSR count). The molecule has 1 aliphatic rings. The van der Waals surface area contributed by atoms with E-state index in [4.69, 9.17) is 0 Å². The molecular formula is C11H21NO2. The third-order valence-electron chi connectivity index (χ3n) is 3.31. The SMILES string of the molecule is CC[C@@H]1CN(C(=O)C(C)O)CCC1C. The molecule has 0 radical (unpaired) electrons. The molecule has 0 saturated carbocycles. The minimum atomic E-state index is -0.846. The summed E-state index contributed by atoms with van der Waals surface area (Å²) in [6, 6.07) is 0. The molecule has 1 saturated heterocycles. The largest absolute Gasteiger partial charge is 0.384 e. The quantitative estimate of drug-likeness (QED) is 0.727. The van der Waals surface area contributed by atoms with Gasteiger partial charge in [0.15, 0.2) is 0 Å². The first-order valence-electron chi connectivity index (χ1n) is 5.53. The van der Waals surface area contributed by atoms with E-state index >= 15 is 0 Å². The van der Waals surface area contributed by atoms with Crippen molar-refractivity contribution >= 4 is 5.91 Å². The monoisotopic (exact) mass is 199 g/mol. The number of hydrogen-bond donors (Lipinski definition) is 1. The van der Waals surface area contributed by atoms with Crippen LogP contribution in [0.25, 0.3) is 0 Å². The van der Waals surface area contributed by atoms with Crippen molar-refractivity contribution in [2.24, 2.45) is 11.8 Å². The second-order valence-electron chi connectivity index (χ2n) is 4.39. The van der Waals surface area contributed by atoms with E-state index in [1.807, 2.05) is 0 Å². The van der Waals surface area contributed by atoms with Gasteiger partial charge in [0.2, 0.25) is 0 Å². The summed E-state index contributed by atoms with van der Waals surface area (Å²) in [5.74, 6) is 1.19. The molecule has 1 fully saturated rings. The van der Waals surface area contributed by atoms with Crippen LogP contribution in [-0.4, -0.2) is 35.1 Å². The van der Waals surface area contributed by atoms with E-state index in [2.05, 4.69) is 13.8 Å². The summed E-state index contributed by atoms with van der Waals surface area (Å²) in [5.41, 5.74) is 0. The summed E-state index contributed by atoms with van der Waals surface area (Å²) in [5, 5.41) is 9.21. The van der Waals surface area contributed by atoms with E-state index < -0.39 is 6.10 Å². The molecule has 0 bridgehead atoms. The average molecular weight is 199 g/mol. The highest BCUT2D eigenvalue weighted by atomic mass is 16.3. The number of aliphatic hydroxyl groups is 1. The summed E-state index contributed by atoms with van der Waals surface area (Å²) >= 11 is 0. The van der Waals surface area contributed by atoms with Crippen molar-refractivity contribution in [3.63, 3.8) is 0 Å². The van der Waals surface area contributed by atoms with E-state index in [0.29, 0.717) is 11.8 Å². The molecule has 14 heavy (non-hydrogen) atoms. The van der Waals surface area contributed by atoms with Crippen LogP contribution in [0.15, 0.2) is 0 Å². The Morgan fingerprint density at radius 2 is 2.29 bits per heavy atom. The van der Waals surface area contributed by atoms with Gasteiger partial charge in [-0.25, -0.2) is 0 Å². The van der Waals surface area contributed by atoms with Crippen molar-refractivity contribution in [1.82, 2.24) is 4.90 Å². The van der Waals surface area contributed by atoms with Crippen LogP contribution in [0.2, 0.25) is 0 Å². The molecule has 1 N–H and O–H groups in total. The smallest absolute Gasteiger partial charge is 0.251 e. The predicted molar refractivity (Wildman–Crippen MR) is 55.8 cm³/mol. The molecule has 1 aliphatic heterocycles. The molecule has 0 aromatic rings. The van der Waals surface area contributed by atoms with Crippen molar-refractivity contribution in [1.29, 1.82) is 0 Å². The Morgan fingerprint density at radius 3 is 2.79 bits per heavy atom. The minimum Gasteiger partial charge on any atom is -0.384 e. The number of nitrogens with zero attached hydrogens (tertiary/aromatic N) is 1. The van der Waals surface area contributed by atoms with Crippen molar-refractivity contribution in [2.45, 2.75) is 39.7 Å². The first-order valence-corrected chi connectivity index (χ1v) is 5.53. The molecule has 0 aromatic carbocycles. The first-order chi connectivity index (χ1) is 6.56. The van der Waals surface area contributed by atoms with Gasteiger partial charge in [0, 0.05) is 13.1 Å². The molecule has 2 unspecified atom stereocenters. The molecule has 0 aromatic heterocycles. The Morgan fingerprint density at radius 1 is 1.64 bits per heavy atom. The highest BCUT2D eigenvalue weighted by molar-refractivity contribution is 5.80. The number of amides is 1. The number of piperidine rings is 1. The molecule has 0 aliphatic carbocycles. The summed E-state index contributed by atoms with van der Waals surface area (Å²) in [7, 11) is 0. The van der Waals surface area contributed by atoms with Gasteiger partial charge in [-0.3, -0.25) is 4.79 Å². The molecule has 3 heteroatoms. The second kappa shape index (κ2) is 4.78. The van der Waals surface area contributed by atoms with Gasteiger partial charge in [-0.15, -0.1) is 0 Å². The highest BCUT2D eigenvalue weighted by Crippen LogP contribution is 2.25. The number of carbonyl (C=O) groups excluding carboxylic acids is 1. The molecule has 1 heterocycles. The lowest BCUT2D eigenvalue weighted by Crippen LogP contribution is -2.46. The lowest BCUT2D eigenvalue weighted by atomic mass is 9.85. The lowest BCUT2D eigenvalue weighted by molar-refractivity contribution is -0.141. The third kappa shape index (κ3) is 2.47. The summed E-state index contributed by atoms with van der Waals surface area (Å²) < 4.78 is 0.